The van der Waals surface area contributed by atoms with E-state index < -0.39 is 5.97 Å². The summed E-state index contributed by atoms with van der Waals surface area (Å²) in [4.78, 5) is 25.3. The fraction of sp³-hybridized carbons (Fsp3) is 0.467. The number of benzene rings is 1. The Kier molecular flexibility index (Phi) is 6.03. The summed E-state index contributed by atoms with van der Waals surface area (Å²) < 4.78 is 4.86. The molecule has 0 atom stereocenters. The second-order valence-corrected chi connectivity index (χ2v) is 4.50. The van der Waals surface area contributed by atoms with Gasteiger partial charge in [-0.2, -0.15) is 0 Å². The summed E-state index contributed by atoms with van der Waals surface area (Å²) in [5.74, 6) is -0.843. The second kappa shape index (κ2) is 7.53. The van der Waals surface area contributed by atoms with Crippen molar-refractivity contribution in [2.45, 2.75) is 27.2 Å². The molecule has 0 saturated heterocycles. The second-order valence-electron chi connectivity index (χ2n) is 4.50. The highest BCUT2D eigenvalue weighted by atomic mass is 16.5. The van der Waals surface area contributed by atoms with Crippen molar-refractivity contribution in [3.05, 3.63) is 29.3 Å². The molecule has 0 aliphatic heterocycles. The minimum Gasteiger partial charge on any atom is -0.507 e. The Hall–Kier alpha value is -2.04. The van der Waals surface area contributed by atoms with E-state index in [1.54, 1.807) is 32.0 Å². The zero-order chi connectivity index (χ0) is 15.1. The molecule has 0 fully saturated rings. The van der Waals surface area contributed by atoms with Crippen molar-refractivity contribution in [1.29, 1.82) is 0 Å². The van der Waals surface area contributed by atoms with Crippen molar-refractivity contribution in [2.75, 3.05) is 19.7 Å². The van der Waals surface area contributed by atoms with Gasteiger partial charge in [-0.05, 0) is 31.9 Å². The highest BCUT2D eigenvalue weighted by Crippen LogP contribution is 2.23. The maximum Gasteiger partial charge on any atom is 0.325 e. The van der Waals surface area contributed by atoms with Crippen molar-refractivity contribution in [2.24, 2.45) is 0 Å². The smallest absolute Gasteiger partial charge is 0.325 e. The number of nitrogens with zero attached hydrogens (tertiary/aromatic N) is 1. The van der Waals surface area contributed by atoms with Crippen LogP contribution in [0.3, 0.4) is 0 Å². The van der Waals surface area contributed by atoms with Gasteiger partial charge in [0, 0.05) is 6.54 Å². The van der Waals surface area contributed by atoms with Gasteiger partial charge in [0.15, 0.2) is 0 Å². The molecular formula is C15H21NO4. The third-order valence-corrected chi connectivity index (χ3v) is 2.87. The van der Waals surface area contributed by atoms with Crippen LogP contribution in [0.1, 0.15) is 36.2 Å². The molecule has 5 nitrogen and oxygen atoms in total. The summed E-state index contributed by atoms with van der Waals surface area (Å²) in [7, 11) is 0. The number of hydrogen-bond acceptors (Lipinski definition) is 4. The Labute approximate surface area is 119 Å². The molecule has 1 rings (SSSR count). The lowest BCUT2D eigenvalue weighted by Crippen LogP contribution is -2.37. The third-order valence-electron chi connectivity index (χ3n) is 2.87. The van der Waals surface area contributed by atoms with Gasteiger partial charge in [-0.3, -0.25) is 9.59 Å². The van der Waals surface area contributed by atoms with Gasteiger partial charge in [-0.25, -0.2) is 0 Å². The summed E-state index contributed by atoms with van der Waals surface area (Å²) in [6.07, 6.45) is 0.720. The third kappa shape index (κ3) is 3.98. The Balaban J connectivity index is 2.93. The number of aryl methyl sites for hydroxylation is 1. The zero-order valence-electron chi connectivity index (χ0n) is 12.2. The first kappa shape index (κ1) is 16.0. The Morgan fingerprint density at radius 1 is 1.30 bits per heavy atom. The Bertz CT molecular complexity index is 485. The molecule has 1 aromatic carbocycles. The number of para-hydroxylation sites is 1. The first-order chi connectivity index (χ1) is 9.51. The van der Waals surface area contributed by atoms with Crippen LogP contribution in [0.25, 0.3) is 0 Å². The van der Waals surface area contributed by atoms with Gasteiger partial charge < -0.3 is 14.7 Å². The number of aromatic hydroxyl groups is 1. The first-order valence-electron chi connectivity index (χ1n) is 6.74. The molecule has 5 heteroatoms. The molecule has 0 spiro atoms. The largest absolute Gasteiger partial charge is 0.507 e. The number of phenols is 1. The molecule has 0 saturated carbocycles. The van der Waals surface area contributed by atoms with Crippen molar-refractivity contribution < 1.29 is 19.4 Å². The molecule has 110 valence electrons. The van der Waals surface area contributed by atoms with Crippen LogP contribution < -0.4 is 0 Å². The lowest BCUT2D eigenvalue weighted by molar-refractivity contribution is -0.143. The van der Waals surface area contributed by atoms with Crippen LogP contribution in [0.4, 0.5) is 0 Å². The van der Waals surface area contributed by atoms with Gasteiger partial charge in [0.05, 0.1) is 12.2 Å². The molecule has 1 N–H and O–H groups in total. The minimum absolute atomic E-state index is 0.0394. The predicted octanol–water partition coefficient (Wildman–Crippen LogP) is 2.12. The summed E-state index contributed by atoms with van der Waals surface area (Å²) in [6.45, 7) is 5.97. The molecule has 20 heavy (non-hydrogen) atoms. The van der Waals surface area contributed by atoms with Crippen LogP contribution in [0.5, 0.6) is 5.75 Å². The van der Waals surface area contributed by atoms with Crippen molar-refractivity contribution in [3.8, 4) is 5.75 Å². The number of phenolic OH excluding ortho intramolecular Hbond substituents is 1. The first-order valence-corrected chi connectivity index (χ1v) is 6.74. The topological polar surface area (TPSA) is 66.8 Å². The van der Waals surface area contributed by atoms with E-state index in [9.17, 15) is 14.7 Å². The van der Waals surface area contributed by atoms with Crippen LogP contribution in [-0.2, 0) is 9.53 Å². The zero-order valence-corrected chi connectivity index (χ0v) is 12.2. The predicted molar refractivity (Wildman–Crippen MR) is 75.7 cm³/mol. The number of carbonyl (C=O) groups excluding carboxylic acids is 2. The van der Waals surface area contributed by atoms with E-state index in [1.165, 1.54) is 4.90 Å². The van der Waals surface area contributed by atoms with Crippen molar-refractivity contribution in [3.63, 3.8) is 0 Å². The molecule has 0 unspecified atom stereocenters. The van der Waals surface area contributed by atoms with E-state index in [2.05, 4.69) is 0 Å². The highest BCUT2D eigenvalue weighted by Gasteiger charge is 2.21. The van der Waals surface area contributed by atoms with Crippen molar-refractivity contribution in [1.82, 2.24) is 4.90 Å². The fourth-order valence-electron chi connectivity index (χ4n) is 1.89. The van der Waals surface area contributed by atoms with Crippen LogP contribution in [0.15, 0.2) is 18.2 Å². The van der Waals surface area contributed by atoms with Crippen LogP contribution in [-0.4, -0.2) is 41.6 Å². The van der Waals surface area contributed by atoms with Gasteiger partial charge in [-0.15, -0.1) is 0 Å². The molecule has 0 heterocycles. The molecule has 1 amide bonds. The Morgan fingerprint density at radius 3 is 2.60 bits per heavy atom. The van der Waals surface area contributed by atoms with E-state index >= 15 is 0 Å². The van der Waals surface area contributed by atoms with Gasteiger partial charge in [0.2, 0.25) is 0 Å². The van der Waals surface area contributed by atoms with Gasteiger partial charge in [-0.1, -0.05) is 19.1 Å². The molecule has 0 aromatic heterocycles. The van der Waals surface area contributed by atoms with Crippen LogP contribution >= 0.6 is 0 Å². The average Bonchev–Trinajstić information content (AvgIpc) is 2.41. The number of amides is 1. The van der Waals surface area contributed by atoms with Crippen molar-refractivity contribution >= 4 is 11.9 Å². The molecule has 0 aliphatic carbocycles. The lowest BCUT2D eigenvalue weighted by atomic mass is 10.1. The van der Waals surface area contributed by atoms with E-state index in [0.29, 0.717) is 12.1 Å². The molecule has 0 radical (unpaired) electrons. The number of ether oxygens (including phenoxy) is 1. The minimum atomic E-state index is -0.443. The van der Waals surface area contributed by atoms with E-state index in [4.69, 9.17) is 4.74 Å². The standard InChI is InChI=1S/C15H21NO4/c1-4-9-16(10-13(17)20-5-2)15(19)12-8-6-7-11(3)14(12)18/h6-8,18H,4-5,9-10H2,1-3H3. The van der Waals surface area contributed by atoms with Gasteiger partial charge in [0.25, 0.3) is 5.91 Å². The number of rotatable bonds is 6. The lowest BCUT2D eigenvalue weighted by Gasteiger charge is -2.21. The van der Waals surface area contributed by atoms with Crippen LogP contribution in [0, 0.1) is 6.92 Å². The fourth-order valence-corrected chi connectivity index (χ4v) is 1.89. The van der Waals surface area contributed by atoms with Gasteiger partial charge >= 0.3 is 5.97 Å². The molecule has 1 aromatic rings. The maximum atomic E-state index is 12.4. The quantitative estimate of drug-likeness (QED) is 0.810. The number of carbonyl (C=O) groups is 2. The SMILES string of the molecule is CCCN(CC(=O)OCC)C(=O)c1cccc(C)c1O. The molecule has 0 bridgehead atoms. The van der Waals surface area contributed by atoms with E-state index in [1.807, 2.05) is 6.92 Å². The highest BCUT2D eigenvalue weighted by molar-refractivity contribution is 5.98. The van der Waals surface area contributed by atoms with E-state index in [0.717, 1.165) is 6.42 Å². The average molecular weight is 279 g/mol. The van der Waals surface area contributed by atoms with Crippen LogP contribution in [0.2, 0.25) is 0 Å². The Morgan fingerprint density at radius 2 is 2.00 bits per heavy atom. The van der Waals surface area contributed by atoms with E-state index in [-0.39, 0.29) is 30.4 Å². The summed E-state index contributed by atoms with van der Waals surface area (Å²) >= 11 is 0. The molecule has 0 aliphatic rings. The summed E-state index contributed by atoms with van der Waals surface area (Å²) in [5.41, 5.74) is 0.839. The number of hydrogen-bond donors (Lipinski definition) is 1. The monoisotopic (exact) mass is 279 g/mol. The maximum absolute atomic E-state index is 12.4. The summed E-state index contributed by atoms with van der Waals surface area (Å²) in [5, 5.41) is 9.96. The normalized spacial score (nSPS) is 10.2. The van der Waals surface area contributed by atoms with Gasteiger partial charge in [0.1, 0.15) is 12.3 Å². The summed E-state index contributed by atoms with van der Waals surface area (Å²) in [6, 6.07) is 4.98. The molecular weight excluding hydrogens is 258 g/mol. The number of esters is 1.